The SMILES string of the molecule is Nc1nc(=O)n(C2OC(COP(=O)([O-])OP(=O)([O-])OP(=O)([O-])[O-])C(O)C2O)c2cscc12. The molecule has 2 aromatic heterocycles. The van der Waals surface area contributed by atoms with Crippen LogP contribution in [0, 0.1) is 0 Å². The van der Waals surface area contributed by atoms with Crippen LogP contribution in [0.5, 0.6) is 0 Å². The van der Waals surface area contributed by atoms with Crippen molar-refractivity contribution in [2.45, 2.75) is 24.5 Å². The zero-order valence-corrected chi connectivity index (χ0v) is 18.7. The molecule has 0 saturated carbocycles. The van der Waals surface area contributed by atoms with E-state index >= 15 is 0 Å². The second kappa shape index (κ2) is 8.94. The number of phosphoric ester groups is 1. The lowest BCUT2D eigenvalue weighted by Gasteiger charge is -2.37. The first kappa shape index (κ1) is 25.6. The first-order valence-electron chi connectivity index (χ1n) is 8.07. The van der Waals surface area contributed by atoms with Gasteiger partial charge in [0.2, 0.25) is 0 Å². The van der Waals surface area contributed by atoms with Gasteiger partial charge in [-0.05, 0) is 0 Å². The van der Waals surface area contributed by atoms with Gasteiger partial charge in [0.05, 0.1) is 25.3 Å². The topological polar surface area (TPSA) is 282 Å². The number of fused-ring (bicyclic) bond motifs is 1. The lowest BCUT2D eigenvalue weighted by Crippen LogP contribution is -2.36. The molecule has 21 heteroatoms. The normalized spacial score (nSPS) is 27.9. The number of nitrogen functional groups attached to an aromatic ring is 1. The number of aliphatic hydroxyl groups excluding tert-OH is 2. The van der Waals surface area contributed by atoms with E-state index < -0.39 is 60.3 Å². The number of thiophene rings is 1. The fourth-order valence-corrected chi connectivity index (χ4v) is 6.44. The number of ether oxygens (including phenoxy) is 1. The highest BCUT2D eigenvalue weighted by atomic mass is 32.1. The third kappa shape index (κ3) is 5.70. The number of hydrogen-bond donors (Lipinski definition) is 3. The predicted molar refractivity (Wildman–Crippen MR) is 95.2 cm³/mol. The Morgan fingerprint density at radius 3 is 2.41 bits per heavy atom. The molecular weight excluding hydrogens is 523 g/mol. The largest absolute Gasteiger partial charge is 0.790 e. The number of aromatic nitrogens is 2. The molecule has 1 aliphatic heterocycles. The minimum Gasteiger partial charge on any atom is -0.790 e. The van der Waals surface area contributed by atoms with Gasteiger partial charge in [-0.15, -0.1) is 11.3 Å². The molecule has 2 aromatic rings. The Morgan fingerprint density at radius 1 is 1.12 bits per heavy atom. The van der Waals surface area contributed by atoms with Crippen LogP contribution in [-0.4, -0.2) is 44.7 Å². The van der Waals surface area contributed by atoms with E-state index in [1.165, 1.54) is 5.38 Å². The van der Waals surface area contributed by atoms with Crippen LogP contribution in [0.4, 0.5) is 5.82 Å². The number of aliphatic hydroxyl groups is 2. The van der Waals surface area contributed by atoms with E-state index in [1.54, 1.807) is 5.38 Å². The van der Waals surface area contributed by atoms with Crippen LogP contribution in [0.25, 0.3) is 10.9 Å². The van der Waals surface area contributed by atoms with Crippen molar-refractivity contribution in [3.8, 4) is 0 Å². The van der Waals surface area contributed by atoms with Crippen molar-refractivity contribution < 1.29 is 61.4 Å². The number of nitrogens with two attached hydrogens (primary N) is 1. The highest BCUT2D eigenvalue weighted by Crippen LogP contribution is 2.60. The maximum absolute atomic E-state index is 12.3. The van der Waals surface area contributed by atoms with Crippen LogP contribution < -0.4 is 31.0 Å². The summed E-state index contributed by atoms with van der Waals surface area (Å²) >= 11 is 1.14. The van der Waals surface area contributed by atoms with E-state index in [4.69, 9.17) is 10.5 Å². The van der Waals surface area contributed by atoms with Gasteiger partial charge in [0, 0.05) is 10.8 Å². The fourth-order valence-electron chi connectivity index (χ4n) is 2.76. The zero-order valence-electron chi connectivity index (χ0n) is 15.2. The van der Waals surface area contributed by atoms with Crippen LogP contribution in [0.3, 0.4) is 0 Å². The molecule has 6 atom stereocenters. The highest BCUT2D eigenvalue weighted by Gasteiger charge is 2.45. The molecule has 0 radical (unpaired) electrons. The molecule has 0 spiro atoms. The summed E-state index contributed by atoms with van der Waals surface area (Å²) in [5, 5.41) is 23.8. The third-order valence-corrected chi connectivity index (χ3v) is 8.38. The summed E-state index contributed by atoms with van der Waals surface area (Å²) in [5.74, 6) is -0.0928. The molecule has 1 fully saturated rings. The number of hydrogen-bond acceptors (Lipinski definition) is 17. The van der Waals surface area contributed by atoms with Crippen molar-refractivity contribution in [3.63, 3.8) is 0 Å². The average molecular weight is 535 g/mol. The van der Waals surface area contributed by atoms with Crippen molar-refractivity contribution in [2.24, 2.45) is 0 Å². The smallest absolute Gasteiger partial charge is 0.352 e. The summed E-state index contributed by atoms with van der Waals surface area (Å²) in [7, 11) is -18.2. The minimum absolute atomic E-state index is 0.0928. The van der Waals surface area contributed by atoms with E-state index in [2.05, 4.69) is 18.1 Å². The van der Waals surface area contributed by atoms with Gasteiger partial charge in [-0.1, -0.05) is 0 Å². The molecule has 180 valence electrons. The van der Waals surface area contributed by atoms with Crippen LogP contribution in [-0.2, 0) is 31.6 Å². The molecular formula is C11H12N3O14P3S-4. The Hall–Kier alpha value is -1.07. The van der Waals surface area contributed by atoms with Gasteiger partial charge >= 0.3 is 5.69 Å². The molecule has 6 unspecified atom stereocenters. The summed E-state index contributed by atoms with van der Waals surface area (Å²) in [6.07, 6.45) is -6.83. The molecule has 4 N–H and O–H groups in total. The minimum atomic E-state index is -6.17. The van der Waals surface area contributed by atoms with Crippen molar-refractivity contribution in [1.29, 1.82) is 0 Å². The van der Waals surface area contributed by atoms with Crippen LogP contribution >= 0.6 is 34.8 Å². The van der Waals surface area contributed by atoms with E-state index in [9.17, 15) is 48.3 Å². The molecule has 1 aliphatic rings. The Balaban J connectivity index is 1.75. The second-order valence-electron chi connectivity index (χ2n) is 6.17. The summed E-state index contributed by atoms with van der Waals surface area (Å²) in [4.78, 5) is 59.3. The number of rotatable bonds is 8. The van der Waals surface area contributed by atoms with Crippen LogP contribution in [0.2, 0.25) is 0 Å². The lowest BCUT2D eigenvalue weighted by atomic mass is 10.1. The highest BCUT2D eigenvalue weighted by molar-refractivity contribution is 7.64. The monoisotopic (exact) mass is 535 g/mol. The quantitative estimate of drug-likeness (QED) is 0.276. The van der Waals surface area contributed by atoms with Gasteiger partial charge in [0.25, 0.3) is 15.6 Å². The Morgan fingerprint density at radius 2 is 1.78 bits per heavy atom. The van der Waals surface area contributed by atoms with Crippen molar-refractivity contribution in [3.05, 3.63) is 21.2 Å². The van der Waals surface area contributed by atoms with Crippen LogP contribution in [0.1, 0.15) is 6.23 Å². The summed E-state index contributed by atoms with van der Waals surface area (Å²) in [6.45, 7) is -1.15. The predicted octanol–water partition coefficient (Wildman–Crippen LogP) is -3.53. The van der Waals surface area contributed by atoms with Crippen LogP contribution in [0.15, 0.2) is 15.6 Å². The van der Waals surface area contributed by atoms with Gasteiger partial charge in [0.15, 0.2) is 6.23 Å². The summed E-state index contributed by atoms with van der Waals surface area (Å²) in [6, 6.07) is 0. The Bertz CT molecular complexity index is 1210. The van der Waals surface area contributed by atoms with Gasteiger partial charge < -0.3 is 49.3 Å². The molecule has 0 bridgehead atoms. The number of anilines is 1. The van der Waals surface area contributed by atoms with Gasteiger partial charge in [-0.25, -0.2) is 9.11 Å². The van der Waals surface area contributed by atoms with E-state index in [-0.39, 0.29) is 11.3 Å². The zero-order chi connectivity index (χ0) is 24.1. The molecule has 0 aromatic carbocycles. The fraction of sp³-hybridized carbons (Fsp3) is 0.455. The first-order valence-corrected chi connectivity index (χ1v) is 13.4. The van der Waals surface area contributed by atoms with E-state index in [1.807, 2.05) is 0 Å². The molecule has 3 rings (SSSR count). The van der Waals surface area contributed by atoms with Gasteiger partial charge in [-0.3, -0.25) is 18.0 Å². The Labute approximate surface area is 181 Å². The van der Waals surface area contributed by atoms with Crippen molar-refractivity contribution >= 4 is 51.5 Å². The van der Waals surface area contributed by atoms with Gasteiger partial charge in [-0.2, -0.15) is 4.98 Å². The molecule has 0 aliphatic carbocycles. The van der Waals surface area contributed by atoms with E-state index in [0.29, 0.717) is 5.39 Å². The standard InChI is InChI=1S/C11H16N3O14P3S/c12-9-4-2-32-3-5(4)14(11(17)13-9)10-8(16)7(15)6(26-10)1-25-30(21,22)28-31(23,24)27-29(18,19)20/h2-3,6-8,10,15-16H,1H2,(H,21,22)(H,23,24)(H2,12,13,17)(H2,18,19,20)/p-4. The first-order chi connectivity index (χ1) is 14.6. The van der Waals surface area contributed by atoms with E-state index in [0.717, 1.165) is 15.9 Å². The third-order valence-electron chi connectivity index (χ3n) is 3.99. The summed E-state index contributed by atoms with van der Waals surface area (Å²) in [5.41, 5.74) is 4.91. The Kier molecular flexibility index (Phi) is 7.14. The second-order valence-corrected chi connectivity index (χ2v) is 11.2. The average Bonchev–Trinajstić information content (AvgIpc) is 3.18. The van der Waals surface area contributed by atoms with Crippen molar-refractivity contribution in [2.75, 3.05) is 12.3 Å². The van der Waals surface area contributed by atoms with Gasteiger partial charge in [0.1, 0.15) is 24.1 Å². The maximum atomic E-state index is 12.3. The maximum Gasteiger partial charge on any atom is 0.352 e. The number of nitrogens with zero attached hydrogens (tertiary/aromatic N) is 2. The molecule has 17 nitrogen and oxygen atoms in total. The number of phosphoric acid groups is 3. The van der Waals surface area contributed by atoms with Crippen molar-refractivity contribution in [1.82, 2.24) is 9.55 Å². The lowest BCUT2D eigenvalue weighted by molar-refractivity contribution is -0.339. The molecule has 3 heterocycles. The molecule has 32 heavy (non-hydrogen) atoms. The molecule has 1 saturated heterocycles. The summed E-state index contributed by atoms with van der Waals surface area (Å²) < 4.78 is 49.9. The molecule has 0 amide bonds.